The number of nitrogens with zero attached hydrogens (tertiary/aromatic N) is 1. The maximum Gasteiger partial charge on any atom is 0.673 e. The van der Waals surface area contributed by atoms with E-state index in [0.717, 1.165) is 39.1 Å². The van der Waals surface area contributed by atoms with Crippen LogP contribution in [0, 0.1) is 0 Å². The first kappa shape index (κ1) is 23.5. The molecule has 0 bridgehead atoms. The van der Waals surface area contributed by atoms with Gasteiger partial charge in [0, 0.05) is 24.0 Å². The second-order valence-electron chi connectivity index (χ2n) is 6.87. The maximum absolute atomic E-state index is 9.75. The van der Waals surface area contributed by atoms with Gasteiger partial charge in [-0.05, 0) is 30.3 Å². The number of hydrogen-bond acceptors (Lipinski definition) is 5. The normalized spacial score (nSPS) is 12.4. The van der Waals surface area contributed by atoms with Crippen molar-refractivity contribution in [3.63, 3.8) is 0 Å². The van der Waals surface area contributed by atoms with Gasteiger partial charge < -0.3 is 41.3 Å². The quantitative estimate of drug-likeness (QED) is 0.359. The predicted molar refractivity (Wildman–Crippen MR) is 111 cm³/mol. The summed E-state index contributed by atoms with van der Waals surface area (Å²) in [5.74, 6) is 2.84. The van der Waals surface area contributed by atoms with Gasteiger partial charge in [-0.25, -0.2) is 4.57 Å². The Morgan fingerprint density at radius 1 is 1.00 bits per heavy atom. The van der Waals surface area contributed by atoms with E-state index in [1.54, 1.807) is 14.2 Å². The number of aliphatic hydroxyl groups is 1. The Morgan fingerprint density at radius 2 is 1.69 bits per heavy atom. The lowest BCUT2D eigenvalue weighted by Gasteiger charge is -2.15. The highest BCUT2D eigenvalue weighted by atomic mass is 19.5. The van der Waals surface area contributed by atoms with Crippen molar-refractivity contribution in [2.24, 2.45) is 7.05 Å². The highest BCUT2D eigenvalue weighted by Gasteiger charge is 2.25. The van der Waals surface area contributed by atoms with Gasteiger partial charge >= 0.3 is 7.25 Å². The molecule has 172 valence electrons. The Bertz CT molecular complexity index is 1120. The van der Waals surface area contributed by atoms with Gasteiger partial charge in [0.05, 0.1) is 25.2 Å². The largest absolute Gasteiger partial charge is 0.673 e. The number of halogens is 4. The molecule has 0 unspecified atom stereocenters. The van der Waals surface area contributed by atoms with Crippen molar-refractivity contribution < 1.29 is 45.9 Å². The second kappa shape index (κ2) is 9.52. The first-order chi connectivity index (χ1) is 15.2. The predicted octanol–water partition coefficient (Wildman–Crippen LogP) is 3.91. The number of fused-ring (bicyclic) bond motifs is 2. The zero-order valence-electron chi connectivity index (χ0n) is 17.7. The van der Waals surface area contributed by atoms with Gasteiger partial charge in [-0.3, -0.25) is 0 Å². The number of aromatic nitrogens is 1. The SMILES string of the molecule is COc1ccc2c(CCO)c(-c3ccc4c(c3)OCO4)[n+](C)cc2c1OC.F[B-](F)(F)F. The first-order valence-corrected chi connectivity index (χ1v) is 9.62. The average molecular weight is 455 g/mol. The molecule has 32 heavy (non-hydrogen) atoms. The summed E-state index contributed by atoms with van der Waals surface area (Å²) < 4.78 is 63.1. The molecular formula is C21H22BF4NO5. The van der Waals surface area contributed by atoms with E-state index >= 15 is 0 Å². The van der Waals surface area contributed by atoms with Crippen LogP contribution in [0.3, 0.4) is 0 Å². The summed E-state index contributed by atoms with van der Waals surface area (Å²) in [4.78, 5) is 0. The van der Waals surface area contributed by atoms with E-state index < -0.39 is 7.25 Å². The average Bonchev–Trinajstić information content (AvgIpc) is 3.19. The van der Waals surface area contributed by atoms with E-state index in [0.29, 0.717) is 17.9 Å². The van der Waals surface area contributed by atoms with E-state index in [9.17, 15) is 22.4 Å². The van der Waals surface area contributed by atoms with E-state index in [4.69, 9.17) is 18.9 Å². The number of pyridine rings is 1. The summed E-state index contributed by atoms with van der Waals surface area (Å²) in [5.41, 5.74) is 3.06. The molecule has 0 fully saturated rings. The number of methoxy groups -OCH3 is 2. The Balaban J connectivity index is 0.000000523. The highest BCUT2D eigenvalue weighted by molar-refractivity contribution is 6.50. The summed E-state index contributed by atoms with van der Waals surface area (Å²) in [6.45, 7) is 0.286. The number of aliphatic hydroxyl groups excluding tert-OH is 1. The smallest absolute Gasteiger partial charge is 0.493 e. The summed E-state index contributed by atoms with van der Waals surface area (Å²) in [6, 6.07) is 9.81. The van der Waals surface area contributed by atoms with Crippen LogP contribution in [-0.4, -0.2) is 40.0 Å². The van der Waals surface area contributed by atoms with Crippen LogP contribution in [0.5, 0.6) is 23.0 Å². The fourth-order valence-electron chi connectivity index (χ4n) is 3.73. The molecule has 1 N–H and O–H groups in total. The van der Waals surface area contributed by atoms with Crippen molar-refractivity contribution >= 4 is 18.0 Å². The zero-order valence-corrected chi connectivity index (χ0v) is 17.7. The standard InChI is InChI=1S/C21H22NO5.BF4/c1-22-11-16-14(5-7-18(24-2)21(16)25-3)15(8-9-23)20(22)13-4-6-17-19(10-13)27-12-26-17;2-1(3,4)5/h4-7,10-11,23H,8-9,12H2,1-3H3;/q+1;-1. The molecule has 0 atom stereocenters. The van der Waals surface area contributed by atoms with Gasteiger partial charge in [0.1, 0.15) is 7.05 Å². The van der Waals surface area contributed by atoms with E-state index in [1.165, 1.54) is 0 Å². The van der Waals surface area contributed by atoms with Gasteiger partial charge in [0.15, 0.2) is 29.2 Å². The minimum Gasteiger partial charge on any atom is -0.493 e. The number of rotatable bonds is 5. The molecule has 0 saturated carbocycles. The Kier molecular flexibility index (Phi) is 6.98. The van der Waals surface area contributed by atoms with Crippen molar-refractivity contribution in [3.8, 4) is 34.3 Å². The number of aryl methyl sites for hydroxylation is 1. The van der Waals surface area contributed by atoms with Gasteiger partial charge in [0.25, 0.3) is 0 Å². The molecule has 4 rings (SSSR count). The molecule has 2 heterocycles. The molecule has 6 nitrogen and oxygen atoms in total. The van der Waals surface area contributed by atoms with E-state index in [2.05, 4.69) is 0 Å². The number of ether oxygens (including phenoxy) is 4. The summed E-state index contributed by atoms with van der Waals surface area (Å²) >= 11 is 0. The third kappa shape index (κ3) is 4.99. The molecule has 0 spiro atoms. The fourth-order valence-corrected chi connectivity index (χ4v) is 3.73. The van der Waals surface area contributed by atoms with Crippen LogP contribution in [0.4, 0.5) is 17.3 Å². The summed E-state index contributed by atoms with van der Waals surface area (Å²) in [6.07, 6.45) is 2.54. The van der Waals surface area contributed by atoms with Gasteiger partial charge in [-0.1, -0.05) is 0 Å². The lowest BCUT2D eigenvalue weighted by molar-refractivity contribution is -0.659. The van der Waals surface area contributed by atoms with Crippen molar-refractivity contribution in [3.05, 3.63) is 42.1 Å². The summed E-state index contributed by atoms with van der Waals surface area (Å²) in [7, 11) is -0.757. The van der Waals surface area contributed by atoms with Gasteiger partial charge in [-0.2, -0.15) is 0 Å². The van der Waals surface area contributed by atoms with E-state index in [-0.39, 0.29) is 13.4 Å². The lowest BCUT2D eigenvalue weighted by atomic mass is 9.96. The van der Waals surface area contributed by atoms with E-state index in [1.807, 2.05) is 48.1 Å². The van der Waals surface area contributed by atoms with Crippen molar-refractivity contribution in [2.45, 2.75) is 6.42 Å². The van der Waals surface area contributed by atoms with Crippen LogP contribution in [0.15, 0.2) is 36.5 Å². The van der Waals surface area contributed by atoms with Crippen molar-refractivity contribution in [1.29, 1.82) is 0 Å². The van der Waals surface area contributed by atoms with Crippen LogP contribution in [-0.2, 0) is 13.5 Å². The Hall–Kier alpha value is -3.21. The van der Waals surface area contributed by atoms with Gasteiger partial charge in [-0.15, -0.1) is 0 Å². The molecule has 0 saturated heterocycles. The Labute approximate surface area is 182 Å². The van der Waals surface area contributed by atoms with Crippen LogP contribution >= 0.6 is 0 Å². The molecule has 1 aliphatic heterocycles. The number of hydrogen-bond donors (Lipinski definition) is 1. The van der Waals surface area contributed by atoms with Crippen molar-refractivity contribution in [2.75, 3.05) is 27.6 Å². The highest BCUT2D eigenvalue weighted by Crippen LogP contribution is 2.40. The molecule has 1 aromatic heterocycles. The molecule has 0 radical (unpaired) electrons. The topological polar surface area (TPSA) is 61.0 Å². The van der Waals surface area contributed by atoms with Crippen molar-refractivity contribution in [1.82, 2.24) is 0 Å². The molecule has 0 aliphatic carbocycles. The van der Waals surface area contributed by atoms with Crippen LogP contribution in [0.1, 0.15) is 5.56 Å². The zero-order chi connectivity index (χ0) is 23.5. The number of benzene rings is 2. The monoisotopic (exact) mass is 455 g/mol. The van der Waals surface area contributed by atoms with Gasteiger partial charge in [0.2, 0.25) is 12.5 Å². The molecule has 0 amide bonds. The molecular weight excluding hydrogens is 433 g/mol. The third-order valence-corrected chi connectivity index (χ3v) is 4.88. The Morgan fingerprint density at radius 3 is 2.31 bits per heavy atom. The fraction of sp³-hybridized carbons (Fsp3) is 0.286. The second-order valence-corrected chi connectivity index (χ2v) is 6.87. The molecule has 2 aromatic carbocycles. The lowest BCUT2D eigenvalue weighted by Crippen LogP contribution is -2.32. The first-order valence-electron chi connectivity index (χ1n) is 9.62. The molecule has 11 heteroatoms. The minimum atomic E-state index is -6.00. The minimum absolute atomic E-state index is 0.0466. The van der Waals surface area contributed by atoms with Crippen LogP contribution in [0.2, 0.25) is 0 Å². The summed E-state index contributed by atoms with van der Waals surface area (Å²) in [5, 5.41) is 11.7. The van der Waals surface area contributed by atoms with Crippen LogP contribution < -0.4 is 23.5 Å². The third-order valence-electron chi connectivity index (χ3n) is 4.88. The molecule has 1 aliphatic rings. The maximum atomic E-state index is 9.75. The van der Waals surface area contributed by atoms with Crippen LogP contribution in [0.25, 0.3) is 22.0 Å². The molecule has 3 aromatic rings.